The molecule has 0 aromatic heterocycles. The molecule has 2 heterocycles. The van der Waals surface area contributed by atoms with Crippen LogP contribution in [0.2, 0.25) is 0 Å². The molecule has 0 spiro atoms. The van der Waals surface area contributed by atoms with Gasteiger partial charge in [-0.25, -0.2) is 0 Å². The molecule has 0 saturated carbocycles. The van der Waals surface area contributed by atoms with Crippen LogP contribution in [-0.4, -0.2) is 24.8 Å². The van der Waals surface area contributed by atoms with Gasteiger partial charge in [-0.05, 0) is 50.3 Å². The Morgan fingerprint density at radius 2 is 1.83 bits per heavy atom. The first-order valence-electron chi connectivity index (χ1n) is 8.22. The minimum absolute atomic E-state index is 0.0365. The van der Waals surface area contributed by atoms with Crippen LogP contribution in [0.1, 0.15) is 44.6 Å². The number of fused-ring (bicyclic) bond motifs is 2. The number of benzene rings is 1. The Balaban J connectivity index is 1.77. The first-order chi connectivity index (χ1) is 11.0. The van der Waals surface area contributed by atoms with E-state index in [9.17, 15) is 13.2 Å². The molecular formula is C17H22F3NO2. The lowest BCUT2D eigenvalue weighted by Gasteiger charge is -2.30. The number of ether oxygens (including phenoxy) is 2. The van der Waals surface area contributed by atoms with E-state index in [1.807, 2.05) is 6.92 Å². The van der Waals surface area contributed by atoms with E-state index >= 15 is 0 Å². The number of hydrogen-bond acceptors (Lipinski definition) is 3. The van der Waals surface area contributed by atoms with Crippen LogP contribution in [0.4, 0.5) is 13.2 Å². The summed E-state index contributed by atoms with van der Waals surface area (Å²) >= 11 is 0. The molecule has 3 rings (SSSR count). The second kappa shape index (κ2) is 6.59. The largest absolute Gasteiger partial charge is 0.490 e. The Morgan fingerprint density at radius 3 is 2.43 bits per heavy atom. The summed E-state index contributed by atoms with van der Waals surface area (Å²) in [6.45, 7) is 2.29. The standard InChI is InChI=1S/C17H22F3NO2/c1-2-7-22-16-8-11(17(18,19)20)3-6-15(16)23-14-9-12-4-5-13(10-14)21-12/h3,6,8,12-14,21H,2,4-5,7,9-10H2,1H3. The molecule has 6 heteroatoms. The van der Waals surface area contributed by atoms with Crippen LogP contribution in [0, 0.1) is 0 Å². The van der Waals surface area contributed by atoms with Gasteiger partial charge in [0.25, 0.3) is 0 Å². The zero-order valence-corrected chi connectivity index (χ0v) is 13.2. The number of piperidine rings is 1. The van der Waals surface area contributed by atoms with Crippen molar-refractivity contribution in [1.82, 2.24) is 5.32 Å². The summed E-state index contributed by atoms with van der Waals surface area (Å²) in [6, 6.07) is 4.42. The van der Waals surface area contributed by atoms with Gasteiger partial charge in [0.1, 0.15) is 6.10 Å². The molecule has 2 aliphatic rings. The third-order valence-corrected chi connectivity index (χ3v) is 4.46. The summed E-state index contributed by atoms with van der Waals surface area (Å²) < 4.78 is 50.2. The normalized spacial score (nSPS) is 27.0. The van der Waals surface area contributed by atoms with Crippen LogP contribution < -0.4 is 14.8 Å². The number of halogens is 3. The summed E-state index contributed by atoms with van der Waals surface area (Å²) in [6.07, 6.45) is 0.474. The molecular weight excluding hydrogens is 307 g/mol. The quantitative estimate of drug-likeness (QED) is 0.880. The van der Waals surface area contributed by atoms with Gasteiger partial charge in [0, 0.05) is 12.1 Å². The van der Waals surface area contributed by atoms with Crippen LogP contribution in [0.25, 0.3) is 0 Å². The Kier molecular flexibility index (Phi) is 4.71. The van der Waals surface area contributed by atoms with Gasteiger partial charge in [-0.2, -0.15) is 13.2 Å². The van der Waals surface area contributed by atoms with Crippen LogP contribution in [0.15, 0.2) is 18.2 Å². The lowest BCUT2D eigenvalue weighted by Crippen LogP contribution is -2.42. The SMILES string of the molecule is CCCOc1cc(C(F)(F)F)ccc1OC1CC2CCC(C1)N2. The average Bonchev–Trinajstić information content (AvgIpc) is 2.84. The molecule has 2 atom stereocenters. The Bertz CT molecular complexity index is 535. The van der Waals surface area contributed by atoms with E-state index < -0.39 is 11.7 Å². The number of hydrogen-bond donors (Lipinski definition) is 1. The second-order valence-electron chi connectivity index (χ2n) is 6.36. The highest BCUT2D eigenvalue weighted by Gasteiger charge is 2.35. The molecule has 1 aromatic carbocycles. The lowest BCUT2D eigenvalue weighted by atomic mass is 10.0. The van der Waals surface area contributed by atoms with Crippen molar-refractivity contribution < 1.29 is 22.6 Å². The Labute approximate surface area is 134 Å². The van der Waals surface area contributed by atoms with E-state index in [4.69, 9.17) is 9.47 Å². The molecule has 23 heavy (non-hydrogen) atoms. The maximum Gasteiger partial charge on any atom is 0.416 e. The molecule has 2 saturated heterocycles. The summed E-state index contributed by atoms with van der Waals surface area (Å²) in [5.74, 6) is 0.602. The van der Waals surface area contributed by atoms with Crippen molar-refractivity contribution in [3.8, 4) is 11.5 Å². The molecule has 1 N–H and O–H groups in total. The van der Waals surface area contributed by atoms with E-state index in [-0.39, 0.29) is 11.9 Å². The number of alkyl halides is 3. The van der Waals surface area contributed by atoms with Gasteiger partial charge in [0.2, 0.25) is 0 Å². The average molecular weight is 329 g/mol. The van der Waals surface area contributed by atoms with E-state index in [2.05, 4.69) is 5.32 Å². The highest BCUT2D eigenvalue weighted by molar-refractivity contribution is 5.44. The second-order valence-corrected chi connectivity index (χ2v) is 6.36. The minimum atomic E-state index is -4.38. The molecule has 0 radical (unpaired) electrons. The molecule has 0 aliphatic carbocycles. The molecule has 2 fully saturated rings. The van der Waals surface area contributed by atoms with Crippen molar-refractivity contribution in [3.05, 3.63) is 23.8 Å². The minimum Gasteiger partial charge on any atom is -0.490 e. The van der Waals surface area contributed by atoms with Crippen molar-refractivity contribution in [2.75, 3.05) is 6.61 Å². The van der Waals surface area contributed by atoms with Gasteiger partial charge < -0.3 is 14.8 Å². The predicted octanol–water partition coefficient (Wildman–Crippen LogP) is 4.16. The van der Waals surface area contributed by atoms with Crippen molar-refractivity contribution in [2.24, 2.45) is 0 Å². The van der Waals surface area contributed by atoms with Gasteiger partial charge in [-0.1, -0.05) is 6.92 Å². The predicted molar refractivity (Wildman–Crippen MR) is 80.8 cm³/mol. The van der Waals surface area contributed by atoms with Gasteiger partial charge in [-0.15, -0.1) is 0 Å². The third kappa shape index (κ3) is 3.91. The van der Waals surface area contributed by atoms with Crippen molar-refractivity contribution in [2.45, 2.75) is 63.4 Å². The van der Waals surface area contributed by atoms with Gasteiger partial charge in [-0.3, -0.25) is 0 Å². The van der Waals surface area contributed by atoms with Gasteiger partial charge >= 0.3 is 6.18 Å². The highest BCUT2D eigenvalue weighted by atomic mass is 19.4. The Morgan fingerprint density at radius 1 is 1.13 bits per heavy atom. The Hall–Kier alpha value is -1.43. The summed E-state index contributed by atoms with van der Waals surface area (Å²) in [5, 5.41) is 3.52. The highest BCUT2D eigenvalue weighted by Crippen LogP contribution is 2.38. The first-order valence-corrected chi connectivity index (χ1v) is 8.22. The zero-order chi connectivity index (χ0) is 16.4. The van der Waals surface area contributed by atoms with Gasteiger partial charge in [0.15, 0.2) is 11.5 Å². The van der Waals surface area contributed by atoms with Crippen LogP contribution >= 0.6 is 0 Å². The lowest BCUT2D eigenvalue weighted by molar-refractivity contribution is -0.137. The van der Waals surface area contributed by atoms with E-state index in [1.165, 1.54) is 6.07 Å². The summed E-state index contributed by atoms with van der Waals surface area (Å²) in [4.78, 5) is 0. The third-order valence-electron chi connectivity index (χ3n) is 4.46. The van der Waals surface area contributed by atoms with Crippen molar-refractivity contribution in [1.29, 1.82) is 0 Å². The van der Waals surface area contributed by atoms with Crippen LogP contribution in [0.5, 0.6) is 11.5 Å². The number of rotatable bonds is 5. The molecule has 2 unspecified atom stereocenters. The van der Waals surface area contributed by atoms with Gasteiger partial charge in [0.05, 0.1) is 12.2 Å². The molecule has 2 aliphatic heterocycles. The van der Waals surface area contributed by atoms with Crippen molar-refractivity contribution in [3.63, 3.8) is 0 Å². The summed E-state index contributed by atoms with van der Waals surface area (Å²) in [7, 11) is 0. The molecule has 1 aromatic rings. The molecule has 0 amide bonds. The zero-order valence-electron chi connectivity index (χ0n) is 13.2. The fraction of sp³-hybridized carbons (Fsp3) is 0.647. The fourth-order valence-corrected chi connectivity index (χ4v) is 3.39. The van der Waals surface area contributed by atoms with Crippen LogP contribution in [-0.2, 0) is 6.18 Å². The van der Waals surface area contributed by atoms with E-state index in [0.717, 1.165) is 44.2 Å². The monoisotopic (exact) mass is 329 g/mol. The number of nitrogens with one attached hydrogen (secondary N) is 1. The topological polar surface area (TPSA) is 30.5 Å². The van der Waals surface area contributed by atoms with E-state index in [0.29, 0.717) is 24.4 Å². The van der Waals surface area contributed by atoms with E-state index in [1.54, 1.807) is 0 Å². The first kappa shape index (κ1) is 16.4. The van der Waals surface area contributed by atoms with Crippen LogP contribution in [0.3, 0.4) is 0 Å². The molecule has 3 nitrogen and oxygen atoms in total. The van der Waals surface area contributed by atoms with Crippen molar-refractivity contribution >= 4 is 0 Å². The smallest absolute Gasteiger partial charge is 0.416 e. The fourth-order valence-electron chi connectivity index (χ4n) is 3.39. The summed E-state index contributed by atoms with van der Waals surface area (Å²) in [5.41, 5.74) is -0.707. The molecule has 128 valence electrons. The maximum atomic E-state index is 12.9. The maximum absolute atomic E-state index is 12.9. The molecule has 2 bridgehead atoms.